The van der Waals surface area contributed by atoms with Crippen LogP contribution in [-0.2, 0) is 15.4 Å². The van der Waals surface area contributed by atoms with Crippen LogP contribution in [0.5, 0.6) is 5.75 Å². The number of methoxy groups -OCH3 is 1. The molecule has 2 aliphatic rings. The molecule has 1 aromatic heterocycles. The van der Waals surface area contributed by atoms with Gasteiger partial charge in [-0.3, -0.25) is 9.52 Å². The summed E-state index contributed by atoms with van der Waals surface area (Å²) in [7, 11) is -2.16. The number of amides is 1. The molecule has 228 valence electrons. The maximum atomic E-state index is 13.5. The summed E-state index contributed by atoms with van der Waals surface area (Å²) >= 11 is 0. The molecular formula is C31H39N7O4S. The number of carbonyl (C=O) groups is 1. The zero-order chi connectivity index (χ0) is 30.9. The van der Waals surface area contributed by atoms with Crippen molar-refractivity contribution in [1.82, 2.24) is 4.98 Å². The largest absolute Gasteiger partial charge is 0.492 e. The van der Waals surface area contributed by atoms with Crippen LogP contribution in [0.15, 0.2) is 59.0 Å². The summed E-state index contributed by atoms with van der Waals surface area (Å²) in [5.74, 6) is 1.48. The van der Waals surface area contributed by atoms with Crippen LogP contribution in [0.1, 0.15) is 66.7 Å². The minimum Gasteiger partial charge on any atom is -0.492 e. The fraction of sp³-hybridized carbons (Fsp3) is 0.419. The summed E-state index contributed by atoms with van der Waals surface area (Å²) in [5.41, 5.74) is 4.21. The van der Waals surface area contributed by atoms with E-state index in [1.54, 1.807) is 29.3 Å². The number of hydrogen-bond donors (Lipinski definition) is 3. The molecule has 1 aliphatic heterocycles. The minimum atomic E-state index is -3.59. The molecular weight excluding hydrogens is 566 g/mol. The Morgan fingerprint density at radius 1 is 1.09 bits per heavy atom. The van der Waals surface area contributed by atoms with Crippen molar-refractivity contribution in [2.24, 2.45) is 16.3 Å². The van der Waals surface area contributed by atoms with Gasteiger partial charge in [-0.15, -0.1) is 0 Å². The second-order valence-electron chi connectivity index (χ2n) is 12.3. The molecule has 2 heterocycles. The van der Waals surface area contributed by atoms with Gasteiger partial charge in [0.2, 0.25) is 10.0 Å². The Morgan fingerprint density at radius 2 is 1.84 bits per heavy atom. The van der Waals surface area contributed by atoms with Crippen LogP contribution in [-0.4, -0.2) is 45.8 Å². The zero-order valence-corrected chi connectivity index (χ0v) is 26.2. The Hall–Kier alpha value is -4.19. The lowest BCUT2D eigenvalue weighted by Crippen LogP contribution is -2.20. The predicted molar refractivity (Wildman–Crippen MR) is 170 cm³/mol. The van der Waals surface area contributed by atoms with Gasteiger partial charge in [0.05, 0.1) is 37.0 Å². The number of carbonyl (C=O) groups excluding carboxylic acids is 1. The monoisotopic (exact) mass is 605 g/mol. The second-order valence-corrected chi connectivity index (χ2v) is 14.0. The summed E-state index contributed by atoms with van der Waals surface area (Å²) in [6, 6.07) is 12.8. The van der Waals surface area contributed by atoms with Gasteiger partial charge >= 0.3 is 0 Å². The van der Waals surface area contributed by atoms with Gasteiger partial charge in [0, 0.05) is 18.3 Å². The molecule has 1 atom stereocenters. The van der Waals surface area contributed by atoms with Crippen LogP contribution in [0, 0.1) is 12.8 Å². The number of anilines is 4. The number of aryl methyl sites for hydroxylation is 1. The molecule has 1 amide bonds. The summed E-state index contributed by atoms with van der Waals surface area (Å²) in [6.07, 6.45) is 5.48. The number of benzene rings is 2. The van der Waals surface area contributed by atoms with Crippen LogP contribution in [0.3, 0.4) is 0 Å². The molecule has 1 fully saturated rings. The van der Waals surface area contributed by atoms with Gasteiger partial charge in [-0.25, -0.2) is 18.4 Å². The molecule has 43 heavy (non-hydrogen) atoms. The molecule has 0 saturated heterocycles. The smallest absolute Gasteiger partial charge is 0.255 e. The van der Waals surface area contributed by atoms with Crippen LogP contribution in [0.4, 0.5) is 22.9 Å². The Balaban J connectivity index is 1.34. The maximum Gasteiger partial charge on any atom is 0.255 e. The van der Waals surface area contributed by atoms with E-state index in [0.29, 0.717) is 17.8 Å². The van der Waals surface area contributed by atoms with Crippen LogP contribution in [0.2, 0.25) is 0 Å². The fourth-order valence-electron chi connectivity index (χ4n) is 4.83. The summed E-state index contributed by atoms with van der Waals surface area (Å²) in [5, 5.41) is 17.0. The number of pyridine rings is 1. The van der Waals surface area contributed by atoms with E-state index in [2.05, 4.69) is 30.7 Å². The lowest BCUT2D eigenvalue weighted by molar-refractivity contribution is 0.102. The first-order valence-electron chi connectivity index (χ1n) is 14.3. The molecule has 3 aromatic rings. The molecule has 2 aromatic carbocycles. The predicted octanol–water partition coefficient (Wildman–Crippen LogP) is 6.07. The Labute approximate surface area is 253 Å². The van der Waals surface area contributed by atoms with Crippen molar-refractivity contribution in [2.45, 2.75) is 52.0 Å². The van der Waals surface area contributed by atoms with Crippen molar-refractivity contribution in [1.29, 1.82) is 0 Å². The third kappa shape index (κ3) is 7.42. The van der Waals surface area contributed by atoms with E-state index in [-0.39, 0.29) is 28.8 Å². The highest BCUT2D eigenvalue weighted by molar-refractivity contribution is 7.92. The van der Waals surface area contributed by atoms with Gasteiger partial charge in [0.15, 0.2) is 5.75 Å². The van der Waals surface area contributed by atoms with Gasteiger partial charge in [0.25, 0.3) is 5.91 Å². The molecule has 1 unspecified atom stereocenters. The molecule has 1 aliphatic carbocycles. The van der Waals surface area contributed by atoms with Crippen molar-refractivity contribution < 1.29 is 17.9 Å². The Morgan fingerprint density at radius 3 is 2.47 bits per heavy atom. The van der Waals surface area contributed by atoms with Gasteiger partial charge < -0.3 is 15.4 Å². The van der Waals surface area contributed by atoms with Crippen molar-refractivity contribution in [3.8, 4) is 5.75 Å². The number of nitrogens with zero attached hydrogens (tertiary/aromatic N) is 4. The highest BCUT2D eigenvalue weighted by Gasteiger charge is 2.26. The topological polar surface area (TPSA) is 137 Å². The normalized spacial score (nSPS) is 16.7. The average molecular weight is 606 g/mol. The number of rotatable bonds is 10. The molecule has 0 radical (unpaired) electrons. The third-order valence-electron chi connectivity index (χ3n) is 7.54. The molecule has 12 heteroatoms. The van der Waals surface area contributed by atoms with E-state index in [4.69, 9.17) is 4.74 Å². The van der Waals surface area contributed by atoms with Crippen LogP contribution < -0.4 is 25.1 Å². The minimum absolute atomic E-state index is 0.174. The van der Waals surface area contributed by atoms with Crippen molar-refractivity contribution >= 4 is 38.8 Å². The van der Waals surface area contributed by atoms with E-state index >= 15 is 0 Å². The van der Waals surface area contributed by atoms with Gasteiger partial charge in [0.1, 0.15) is 11.9 Å². The molecule has 0 bridgehead atoms. The highest BCUT2D eigenvalue weighted by Crippen LogP contribution is 2.40. The quantitative estimate of drug-likeness (QED) is 0.255. The van der Waals surface area contributed by atoms with Crippen molar-refractivity contribution in [2.75, 3.05) is 46.8 Å². The van der Waals surface area contributed by atoms with E-state index < -0.39 is 10.0 Å². The van der Waals surface area contributed by atoms with E-state index in [0.717, 1.165) is 46.9 Å². The molecule has 0 spiro atoms. The first kappa shape index (κ1) is 30.3. The van der Waals surface area contributed by atoms with Crippen molar-refractivity contribution in [3.05, 3.63) is 70.9 Å². The highest BCUT2D eigenvalue weighted by atomic mass is 32.2. The average Bonchev–Trinajstić information content (AvgIpc) is 3.64. The summed E-state index contributed by atoms with van der Waals surface area (Å²) in [6.45, 7) is 9.45. The van der Waals surface area contributed by atoms with Gasteiger partial charge in [-0.1, -0.05) is 38.1 Å². The van der Waals surface area contributed by atoms with E-state index in [9.17, 15) is 13.2 Å². The zero-order valence-electron chi connectivity index (χ0n) is 25.4. The summed E-state index contributed by atoms with van der Waals surface area (Å²) < 4.78 is 32.2. The van der Waals surface area contributed by atoms with E-state index in [1.165, 1.54) is 20.0 Å². The third-order valence-corrected chi connectivity index (χ3v) is 8.13. The van der Waals surface area contributed by atoms with Crippen molar-refractivity contribution in [3.63, 3.8) is 0 Å². The SMILES string of the molecule is COc1c(NC(=O)c2ccc(C)c(N3CC(c4ccc(NCC5CC5)nc4)N=N3)c2)cc(C(C)(C)C)cc1NS(C)(=O)=O. The molecule has 11 nitrogen and oxygen atoms in total. The van der Waals surface area contributed by atoms with Gasteiger partial charge in [-0.2, -0.15) is 5.11 Å². The number of nitrogens with one attached hydrogen (secondary N) is 3. The summed E-state index contributed by atoms with van der Waals surface area (Å²) in [4.78, 5) is 18.1. The van der Waals surface area contributed by atoms with E-state index in [1.807, 2.05) is 52.1 Å². The Bertz CT molecular complexity index is 1650. The standard InChI is InChI=1S/C31H39N7O4S/c1-19-7-10-21(30(39)34-24-14-23(31(2,3)4)15-25(29(24)42-5)36-43(6,40)41)13-27(19)38-18-26(35-37-38)22-11-12-28(33-17-22)32-16-20-8-9-20/h7,10-15,17,20,26,36H,8-9,16,18H2,1-6H3,(H,32,33)(H,34,39). The maximum absolute atomic E-state index is 13.5. The van der Waals surface area contributed by atoms with Crippen LogP contribution >= 0.6 is 0 Å². The number of sulfonamides is 1. The molecule has 1 saturated carbocycles. The second kappa shape index (κ2) is 11.8. The number of hydrogen-bond acceptors (Lipinski definition) is 9. The first-order chi connectivity index (χ1) is 20.3. The number of ether oxygens (including phenoxy) is 1. The lowest BCUT2D eigenvalue weighted by Gasteiger charge is -2.24. The first-order valence-corrected chi connectivity index (χ1v) is 16.2. The van der Waals surface area contributed by atoms with Crippen LogP contribution in [0.25, 0.3) is 0 Å². The Kier molecular flexibility index (Phi) is 8.33. The number of aromatic nitrogens is 1. The molecule has 5 rings (SSSR count). The molecule has 3 N–H and O–H groups in total. The fourth-order valence-corrected chi connectivity index (χ4v) is 5.38. The lowest BCUT2D eigenvalue weighted by atomic mass is 9.86. The van der Waals surface area contributed by atoms with Gasteiger partial charge in [-0.05, 0) is 78.1 Å².